The fraction of sp³-hybridized carbons (Fsp3) is 0. The van der Waals surface area contributed by atoms with E-state index in [0.717, 1.165) is 11.8 Å². The molecular formula is C16H11NO3S. The number of rotatable bonds is 3. The lowest BCUT2D eigenvalue weighted by molar-refractivity contribution is -0.113. The molecular weight excluding hydrogens is 286 g/mol. The minimum Gasteiger partial charge on any atom is -0.465 e. The van der Waals surface area contributed by atoms with Gasteiger partial charge in [0.25, 0.3) is 11.1 Å². The van der Waals surface area contributed by atoms with Gasteiger partial charge in [-0.05, 0) is 48.2 Å². The normalized spacial score (nSPS) is 17.3. The number of imide groups is 1. The van der Waals surface area contributed by atoms with Crippen molar-refractivity contribution in [3.8, 4) is 0 Å². The molecule has 0 bridgehead atoms. The summed E-state index contributed by atoms with van der Waals surface area (Å²) in [7, 11) is 0. The number of anilines is 1. The van der Waals surface area contributed by atoms with Crippen LogP contribution in [0.25, 0.3) is 6.08 Å². The van der Waals surface area contributed by atoms with Crippen molar-refractivity contribution in [3.63, 3.8) is 0 Å². The Morgan fingerprint density at radius 2 is 1.86 bits per heavy atom. The number of furan rings is 1. The van der Waals surface area contributed by atoms with Gasteiger partial charge in [0.2, 0.25) is 0 Å². The number of allylic oxidation sites excluding steroid dienone is 2. The zero-order chi connectivity index (χ0) is 14.7. The summed E-state index contributed by atoms with van der Waals surface area (Å²) >= 11 is 0.931. The Hall–Kier alpha value is -2.53. The van der Waals surface area contributed by atoms with Gasteiger partial charge in [0.05, 0.1) is 16.9 Å². The highest BCUT2D eigenvalue weighted by Crippen LogP contribution is 2.34. The number of carbonyl (C=O) groups is 2. The SMILES string of the molecule is O=C1S/C(=C/C=C/c2ccco2)C(=O)N1c1ccccc1. The average molecular weight is 297 g/mol. The van der Waals surface area contributed by atoms with E-state index >= 15 is 0 Å². The lowest BCUT2D eigenvalue weighted by Crippen LogP contribution is -2.27. The summed E-state index contributed by atoms with van der Waals surface area (Å²) in [6.07, 6.45) is 6.62. The Balaban J connectivity index is 1.80. The predicted molar refractivity (Wildman–Crippen MR) is 82.7 cm³/mol. The second-order valence-electron chi connectivity index (χ2n) is 4.25. The molecule has 0 unspecified atom stereocenters. The molecule has 2 heterocycles. The molecule has 5 heteroatoms. The maximum absolute atomic E-state index is 12.3. The van der Waals surface area contributed by atoms with Crippen LogP contribution >= 0.6 is 11.8 Å². The number of thioether (sulfide) groups is 1. The summed E-state index contributed by atoms with van der Waals surface area (Å²) in [5.41, 5.74) is 0.582. The van der Waals surface area contributed by atoms with E-state index < -0.39 is 0 Å². The standard InChI is InChI=1S/C16H11NO3S/c18-15-14(10-4-8-13-9-5-11-20-13)21-16(19)17(15)12-6-2-1-3-7-12/h1-11H/b8-4+,14-10+. The molecule has 0 atom stereocenters. The molecule has 1 aromatic heterocycles. The van der Waals surface area contributed by atoms with Gasteiger partial charge < -0.3 is 4.42 Å². The molecule has 0 radical (unpaired) electrons. The molecule has 1 saturated heterocycles. The summed E-state index contributed by atoms with van der Waals surface area (Å²) in [6.45, 7) is 0. The summed E-state index contributed by atoms with van der Waals surface area (Å²) in [5, 5.41) is -0.288. The van der Waals surface area contributed by atoms with Gasteiger partial charge in [0, 0.05) is 0 Å². The van der Waals surface area contributed by atoms with Crippen molar-refractivity contribution in [2.75, 3.05) is 4.90 Å². The van der Waals surface area contributed by atoms with Crippen LogP contribution in [0.2, 0.25) is 0 Å². The molecule has 2 amide bonds. The van der Waals surface area contributed by atoms with Crippen molar-refractivity contribution in [3.05, 3.63) is 71.5 Å². The maximum atomic E-state index is 12.3. The van der Waals surface area contributed by atoms with Crippen LogP contribution in [-0.2, 0) is 4.79 Å². The number of hydrogen-bond donors (Lipinski definition) is 0. The first-order chi connectivity index (χ1) is 10.3. The van der Waals surface area contributed by atoms with E-state index in [4.69, 9.17) is 4.42 Å². The lowest BCUT2D eigenvalue weighted by Gasteiger charge is -2.11. The highest BCUT2D eigenvalue weighted by atomic mass is 32.2. The van der Waals surface area contributed by atoms with Gasteiger partial charge in [-0.2, -0.15) is 0 Å². The van der Waals surface area contributed by atoms with E-state index in [2.05, 4.69) is 0 Å². The van der Waals surface area contributed by atoms with Crippen molar-refractivity contribution in [2.24, 2.45) is 0 Å². The molecule has 1 aliphatic heterocycles. The zero-order valence-electron chi connectivity index (χ0n) is 10.9. The second-order valence-corrected chi connectivity index (χ2v) is 5.24. The second kappa shape index (κ2) is 5.85. The molecule has 2 aromatic rings. The molecule has 3 rings (SSSR count). The Labute approximate surface area is 125 Å². The van der Waals surface area contributed by atoms with E-state index in [1.54, 1.807) is 60.9 Å². The van der Waals surface area contributed by atoms with Crippen molar-refractivity contribution in [2.45, 2.75) is 0 Å². The first kappa shape index (κ1) is 13.5. The highest BCUT2D eigenvalue weighted by molar-refractivity contribution is 8.18. The van der Waals surface area contributed by atoms with Gasteiger partial charge in [-0.3, -0.25) is 9.59 Å². The van der Waals surface area contributed by atoms with E-state index in [1.165, 1.54) is 4.90 Å². The third-order valence-corrected chi connectivity index (χ3v) is 3.75. The maximum Gasteiger partial charge on any atom is 0.298 e. The van der Waals surface area contributed by atoms with Crippen LogP contribution in [0, 0.1) is 0 Å². The molecule has 4 nitrogen and oxygen atoms in total. The van der Waals surface area contributed by atoms with Crippen molar-refractivity contribution >= 4 is 34.7 Å². The number of amides is 2. The lowest BCUT2D eigenvalue weighted by atomic mass is 10.3. The fourth-order valence-electron chi connectivity index (χ4n) is 1.90. The first-order valence-electron chi connectivity index (χ1n) is 6.29. The molecule has 1 fully saturated rings. The van der Waals surface area contributed by atoms with Gasteiger partial charge in [-0.15, -0.1) is 0 Å². The molecule has 0 saturated carbocycles. The van der Waals surface area contributed by atoms with Crippen LogP contribution in [-0.4, -0.2) is 11.1 Å². The Kier molecular flexibility index (Phi) is 3.75. The third-order valence-electron chi connectivity index (χ3n) is 2.86. The van der Waals surface area contributed by atoms with Crippen molar-refractivity contribution in [1.29, 1.82) is 0 Å². The van der Waals surface area contributed by atoms with Crippen LogP contribution < -0.4 is 4.90 Å². The van der Waals surface area contributed by atoms with Crippen LogP contribution in [0.15, 0.2) is 70.2 Å². The molecule has 0 aliphatic carbocycles. The number of benzene rings is 1. The predicted octanol–water partition coefficient (Wildman–Crippen LogP) is 4.08. The van der Waals surface area contributed by atoms with Crippen molar-refractivity contribution in [1.82, 2.24) is 0 Å². The zero-order valence-corrected chi connectivity index (χ0v) is 11.7. The monoisotopic (exact) mass is 297 g/mol. The van der Waals surface area contributed by atoms with Gasteiger partial charge in [0.15, 0.2) is 0 Å². The van der Waals surface area contributed by atoms with E-state index in [9.17, 15) is 9.59 Å². The van der Waals surface area contributed by atoms with Gasteiger partial charge >= 0.3 is 0 Å². The Morgan fingerprint density at radius 3 is 2.57 bits per heavy atom. The summed E-state index contributed by atoms with van der Waals surface area (Å²) in [5.74, 6) is 0.383. The van der Waals surface area contributed by atoms with Crippen LogP contribution in [0.1, 0.15) is 5.76 Å². The quantitative estimate of drug-likeness (QED) is 0.801. The largest absolute Gasteiger partial charge is 0.465 e. The first-order valence-corrected chi connectivity index (χ1v) is 7.10. The average Bonchev–Trinajstić information content (AvgIpc) is 3.09. The molecule has 104 valence electrons. The molecule has 0 N–H and O–H groups in total. The highest BCUT2D eigenvalue weighted by Gasteiger charge is 2.35. The molecule has 0 spiro atoms. The number of hydrogen-bond acceptors (Lipinski definition) is 4. The summed E-state index contributed by atoms with van der Waals surface area (Å²) < 4.78 is 5.15. The minimum atomic E-state index is -0.305. The Bertz CT molecular complexity index is 717. The third kappa shape index (κ3) is 2.83. The molecule has 1 aromatic carbocycles. The van der Waals surface area contributed by atoms with Crippen LogP contribution in [0.5, 0.6) is 0 Å². The minimum absolute atomic E-state index is 0.288. The van der Waals surface area contributed by atoms with Gasteiger partial charge in [-0.1, -0.05) is 24.3 Å². The summed E-state index contributed by atoms with van der Waals surface area (Å²) in [4.78, 5) is 25.8. The molecule has 1 aliphatic rings. The van der Waals surface area contributed by atoms with Gasteiger partial charge in [0.1, 0.15) is 5.76 Å². The van der Waals surface area contributed by atoms with Gasteiger partial charge in [-0.25, -0.2) is 4.90 Å². The smallest absolute Gasteiger partial charge is 0.298 e. The van der Waals surface area contributed by atoms with E-state index in [0.29, 0.717) is 16.4 Å². The van der Waals surface area contributed by atoms with E-state index in [-0.39, 0.29) is 11.1 Å². The number of para-hydroxylation sites is 1. The number of nitrogens with zero attached hydrogens (tertiary/aromatic N) is 1. The fourth-order valence-corrected chi connectivity index (χ4v) is 2.69. The Morgan fingerprint density at radius 1 is 1.05 bits per heavy atom. The van der Waals surface area contributed by atoms with E-state index in [1.807, 2.05) is 6.07 Å². The molecule has 21 heavy (non-hydrogen) atoms. The topological polar surface area (TPSA) is 50.5 Å². The number of carbonyl (C=O) groups excluding carboxylic acids is 2. The van der Waals surface area contributed by atoms with Crippen molar-refractivity contribution < 1.29 is 14.0 Å². The summed E-state index contributed by atoms with van der Waals surface area (Å²) in [6, 6.07) is 12.5. The van der Waals surface area contributed by atoms with Crippen LogP contribution in [0.4, 0.5) is 10.5 Å². The van der Waals surface area contributed by atoms with Crippen LogP contribution in [0.3, 0.4) is 0 Å².